The van der Waals surface area contributed by atoms with Crippen molar-refractivity contribution in [2.45, 2.75) is 32.6 Å². The van der Waals surface area contributed by atoms with Gasteiger partial charge in [-0.15, -0.1) is 0 Å². The highest BCUT2D eigenvalue weighted by Crippen LogP contribution is 2.26. The van der Waals surface area contributed by atoms with Gasteiger partial charge in [0.2, 0.25) is 0 Å². The Kier molecular flexibility index (Phi) is 4.56. The fourth-order valence-corrected chi connectivity index (χ4v) is 2.69. The molecule has 2 rings (SSSR count). The zero-order valence-electron chi connectivity index (χ0n) is 10.9. The number of anilines is 1. The molecule has 100 valence electrons. The largest absolute Gasteiger partial charge is 0.396 e. The first-order valence-electron chi connectivity index (χ1n) is 6.50. The fourth-order valence-electron chi connectivity index (χ4n) is 2.30. The van der Waals surface area contributed by atoms with Crippen LogP contribution in [0, 0.1) is 5.92 Å². The van der Waals surface area contributed by atoms with Crippen LogP contribution in [0.4, 0.5) is 5.82 Å². The molecule has 5 heteroatoms. The summed E-state index contributed by atoms with van der Waals surface area (Å²) in [6.45, 7) is 6.49. The Hall–Kier alpha value is -0.680. The van der Waals surface area contributed by atoms with Gasteiger partial charge in [-0.1, -0.05) is 13.8 Å². The Balaban J connectivity index is 2.14. The summed E-state index contributed by atoms with van der Waals surface area (Å²) in [5.41, 5.74) is 0. The highest BCUT2D eigenvalue weighted by atomic mass is 79.9. The second kappa shape index (κ2) is 5.97. The minimum Gasteiger partial charge on any atom is -0.396 e. The maximum absolute atomic E-state index is 8.99. The van der Waals surface area contributed by atoms with Gasteiger partial charge < -0.3 is 10.0 Å². The summed E-state index contributed by atoms with van der Waals surface area (Å²) in [5.74, 6) is 2.80. The van der Waals surface area contributed by atoms with Crippen molar-refractivity contribution in [1.29, 1.82) is 0 Å². The van der Waals surface area contributed by atoms with Crippen LogP contribution < -0.4 is 4.90 Å². The highest BCUT2D eigenvalue weighted by Gasteiger charge is 2.23. The third-order valence-corrected chi connectivity index (χ3v) is 3.77. The molecule has 1 aromatic heterocycles. The lowest BCUT2D eigenvalue weighted by Crippen LogP contribution is -2.22. The Morgan fingerprint density at radius 2 is 2.28 bits per heavy atom. The first kappa shape index (κ1) is 13.7. The van der Waals surface area contributed by atoms with Gasteiger partial charge in [0.15, 0.2) is 0 Å². The van der Waals surface area contributed by atoms with Gasteiger partial charge in [0.1, 0.15) is 16.2 Å². The van der Waals surface area contributed by atoms with Crippen LogP contribution >= 0.6 is 15.9 Å². The Labute approximate surface area is 117 Å². The van der Waals surface area contributed by atoms with E-state index >= 15 is 0 Å². The van der Waals surface area contributed by atoms with Gasteiger partial charge in [0, 0.05) is 31.7 Å². The van der Waals surface area contributed by atoms with Crippen LogP contribution in [0.25, 0.3) is 0 Å². The molecule has 1 unspecified atom stereocenters. The molecule has 0 aromatic carbocycles. The number of aliphatic hydroxyl groups is 1. The number of halogens is 1. The summed E-state index contributed by atoms with van der Waals surface area (Å²) >= 11 is 3.46. The molecule has 4 nitrogen and oxygen atoms in total. The van der Waals surface area contributed by atoms with Crippen LogP contribution in [0.5, 0.6) is 0 Å². The van der Waals surface area contributed by atoms with Crippen LogP contribution in [-0.4, -0.2) is 34.8 Å². The van der Waals surface area contributed by atoms with Crippen molar-refractivity contribution >= 4 is 21.7 Å². The van der Waals surface area contributed by atoms with E-state index in [1.54, 1.807) is 0 Å². The number of hydrogen-bond donors (Lipinski definition) is 1. The summed E-state index contributed by atoms with van der Waals surface area (Å²) in [5, 5.41) is 8.99. The molecular formula is C13H20BrN3O. The normalized spacial score (nSPS) is 19.8. The van der Waals surface area contributed by atoms with Crippen molar-refractivity contribution in [1.82, 2.24) is 9.97 Å². The molecule has 18 heavy (non-hydrogen) atoms. The summed E-state index contributed by atoms with van der Waals surface area (Å²) < 4.78 is 0.849. The standard InChI is InChI=1S/C13H20BrN3O/c1-9(2)13-15-11(14)7-12(16-13)17-5-3-10(8-17)4-6-18/h7,9-10,18H,3-6,8H2,1-2H3. The zero-order valence-corrected chi connectivity index (χ0v) is 12.5. The van der Waals surface area contributed by atoms with Gasteiger partial charge in [-0.2, -0.15) is 0 Å². The summed E-state index contributed by atoms with van der Waals surface area (Å²) in [4.78, 5) is 11.3. The lowest BCUT2D eigenvalue weighted by molar-refractivity contribution is 0.263. The number of aromatic nitrogens is 2. The number of aliphatic hydroxyl groups excluding tert-OH is 1. The molecule has 0 radical (unpaired) electrons. The topological polar surface area (TPSA) is 49.2 Å². The molecule has 1 aliphatic heterocycles. The van der Waals surface area contributed by atoms with E-state index in [1.807, 2.05) is 6.07 Å². The van der Waals surface area contributed by atoms with E-state index in [2.05, 4.69) is 44.6 Å². The van der Waals surface area contributed by atoms with E-state index in [-0.39, 0.29) is 6.61 Å². The number of rotatable bonds is 4. The zero-order chi connectivity index (χ0) is 13.1. The van der Waals surface area contributed by atoms with Gasteiger partial charge >= 0.3 is 0 Å². The van der Waals surface area contributed by atoms with Crippen LogP contribution in [0.3, 0.4) is 0 Å². The molecular weight excluding hydrogens is 294 g/mol. The SMILES string of the molecule is CC(C)c1nc(Br)cc(N2CCC(CCO)C2)n1. The molecule has 0 amide bonds. The third-order valence-electron chi connectivity index (χ3n) is 3.36. The average molecular weight is 314 g/mol. The van der Waals surface area contributed by atoms with E-state index in [1.165, 1.54) is 0 Å². The first-order chi connectivity index (χ1) is 8.60. The molecule has 0 saturated carbocycles. The smallest absolute Gasteiger partial charge is 0.134 e. The van der Waals surface area contributed by atoms with Crippen molar-refractivity contribution in [2.24, 2.45) is 5.92 Å². The predicted octanol–water partition coefficient (Wildman–Crippen LogP) is 2.57. The van der Waals surface area contributed by atoms with Gasteiger partial charge in [0.05, 0.1) is 0 Å². The molecule has 0 spiro atoms. The molecule has 1 atom stereocenters. The van der Waals surface area contributed by atoms with Crippen molar-refractivity contribution < 1.29 is 5.11 Å². The number of nitrogens with zero attached hydrogens (tertiary/aromatic N) is 3. The Morgan fingerprint density at radius 3 is 2.94 bits per heavy atom. The van der Waals surface area contributed by atoms with Gasteiger partial charge in [0.25, 0.3) is 0 Å². The van der Waals surface area contributed by atoms with Gasteiger partial charge in [-0.25, -0.2) is 9.97 Å². The van der Waals surface area contributed by atoms with E-state index in [4.69, 9.17) is 5.11 Å². The van der Waals surface area contributed by atoms with E-state index in [0.717, 1.165) is 42.2 Å². The summed E-state index contributed by atoms with van der Waals surface area (Å²) in [6.07, 6.45) is 2.03. The van der Waals surface area contributed by atoms with Gasteiger partial charge in [-0.05, 0) is 34.7 Å². The Bertz CT molecular complexity index is 411. The minimum atomic E-state index is 0.281. The van der Waals surface area contributed by atoms with Crippen LogP contribution in [0.2, 0.25) is 0 Å². The lowest BCUT2D eigenvalue weighted by atomic mass is 10.1. The van der Waals surface area contributed by atoms with Crippen molar-refractivity contribution in [3.8, 4) is 0 Å². The van der Waals surface area contributed by atoms with E-state index in [0.29, 0.717) is 11.8 Å². The molecule has 1 aromatic rings. The third kappa shape index (κ3) is 3.20. The average Bonchev–Trinajstić information content (AvgIpc) is 2.77. The molecule has 0 aliphatic carbocycles. The summed E-state index contributed by atoms with van der Waals surface area (Å²) in [6, 6.07) is 1.98. The lowest BCUT2D eigenvalue weighted by Gasteiger charge is -2.19. The number of hydrogen-bond acceptors (Lipinski definition) is 4. The van der Waals surface area contributed by atoms with Crippen molar-refractivity contribution in [2.75, 3.05) is 24.6 Å². The highest BCUT2D eigenvalue weighted by molar-refractivity contribution is 9.10. The first-order valence-corrected chi connectivity index (χ1v) is 7.29. The monoisotopic (exact) mass is 313 g/mol. The summed E-state index contributed by atoms with van der Waals surface area (Å²) in [7, 11) is 0. The van der Waals surface area contributed by atoms with Crippen LogP contribution in [-0.2, 0) is 0 Å². The predicted molar refractivity (Wildman–Crippen MR) is 75.8 cm³/mol. The maximum Gasteiger partial charge on any atom is 0.134 e. The van der Waals surface area contributed by atoms with Gasteiger partial charge in [-0.3, -0.25) is 0 Å². The second-order valence-electron chi connectivity index (χ2n) is 5.17. The fraction of sp³-hybridized carbons (Fsp3) is 0.692. The van der Waals surface area contributed by atoms with E-state index < -0.39 is 0 Å². The maximum atomic E-state index is 8.99. The Morgan fingerprint density at radius 1 is 1.50 bits per heavy atom. The van der Waals surface area contributed by atoms with Crippen LogP contribution in [0.1, 0.15) is 38.4 Å². The molecule has 0 bridgehead atoms. The molecule has 1 saturated heterocycles. The van der Waals surface area contributed by atoms with Crippen molar-refractivity contribution in [3.63, 3.8) is 0 Å². The molecule has 1 aliphatic rings. The van der Waals surface area contributed by atoms with Crippen LogP contribution in [0.15, 0.2) is 10.7 Å². The molecule has 1 N–H and O–H groups in total. The van der Waals surface area contributed by atoms with Crippen molar-refractivity contribution in [3.05, 3.63) is 16.5 Å². The quantitative estimate of drug-likeness (QED) is 0.868. The molecule has 1 fully saturated rings. The molecule has 2 heterocycles. The second-order valence-corrected chi connectivity index (χ2v) is 5.99. The van der Waals surface area contributed by atoms with E-state index in [9.17, 15) is 0 Å². The minimum absolute atomic E-state index is 0.281.